The molecule has 0 spiro atoms. The molecule has 0 bridgehead atoms. The standard InChI is InChI=1S/C22H13F5N2O3S/c23-18-2-1-3-19(24)17(18)11-16-15-10-14(8-9-20(15)28-21(16)30)33(31,32)29-13-6-4-12(5-7-13)22(25,26)27/h1-11,29H,(H,28,30). The Kier molecular flexibility index (Phi) is 5.44. The summed E-state index contributed by atoms with van der Waals surface area (Å²) in [7, 11) is -4.26. The number of anilines is 2. The number of halogens is 5. The van der Waals surface area contributed by atoms with Crippen LogP contribution in [0.4, 0.5) is 33.3 Å². The molecule has 0 saturated carbocycles. The number of carbonyl (C=O) groups excluding carboxylic acids is 1. The molecule has 1 amide bonds. The smallest absolute Gasteiger partial charge is 0.321 e. The lowest BCUT2D eigenvalue weighted by atomic mass is 10.0. The number of amides is 1. The van der Waals surface area contributed by atoms with Crippen molar-refractivity contribution in [1.29, 1.82) is 0 Å². The molecule has 2 N–H and O–H groups in total. The van der Waals surface area contributed by atoms with Crippen molar-refractivity contribution in [3.8, 4) is 0 Å². The Balaban J connectivity index is 1.69. The molecule has 1 aliphatic rings. The Hall–Kier alpha value is -3.73. The van der Waals surface area contributed by atoms with Crippen molar-refractivity contribution in [2.24, 2.45) is 0 Å². The summed E-state index contributed by atoms with van der Waals surface area (Å²) in [6.07, 6.45) is -3.59. The van der Waals surface area contributed by atoms with Crippen LogP contribution in [-0.4, -0.2) is 14.3 Å². The molecule has 3 aromatic rings. The third-order valence-corrected chi connectivity index (χ3v) is 6.22. The molecule has 170 valence electrons. The zero-order valence-corrected chi connectivity index (χ0v) is 17.2. The first kappa shape index (κ1) is 22.5. The van der Waals surface area contributed by atoms with Crippen molar-refractivity contribution in [3.63, 3.8) is 0 Å². The van der Waals surface area contributed by atoms with Crippen LogP contribution >= 0.6 is 0 Å². The van der Waals surface area contributed by atoms with Gasteiger partial charge in [-0.2, -0.15) is 13.2 Å². The van der Waals surface area contributed by atoms with Crippen molar-refractivity contribution in [2.45, 2.75) is 11.1 Å². The summed E-state index contributed by atoms with van der Waals surface area (Å²) in [6.45, 7) is 0. The summed E-state index contributed by atoms with van der Waals surface area (Å²) in [4.78, 5) is 12.0. The summed E-state index contributed by atoms with van der Waals surface area (Å²) in [5.41, 5.74) is -1.34. The number of rotatable bonds is 4. The van der Waals surface area contributed by atoms with Gasteiger partial charge in [0.25, 0.3) is 15.9 Å². The van der Waals surface area contributed by atoms with E-state index in [1.165, 1.54) is 12.1 Å². The maximum absolute atomic E-state index is 14.0. The predicted molar refractivity (Wildman–Crippen MR) is 112 cm³/mol. The largest absolute Gasteiger partial charge is 0.416 e. The highest BCUT2D eigenvalue weighted by Gasteiger charge is 2.30. The van der Waals surface area contributed by atoms with E-state index < -0.39 is 44.9 Å². The van der Waals surface area contributed by atoms with E-state index in [2.05, 4.69) is 10.0 Å². The van der Waals surface area contributed by atoms with Gasteiger partial charge in [0.1, 0.15) is 11.6 Å². The number of alkyl halides is 3. The van der Waals surface area contributed by atoms with Crippen LogP contribution in [0.3, 0.4) is 0 Å². The lowest BCUT2D eigenvalue weighted by molar-refractivity contribution is -0.137. The van der Waals surface area contributed by atoms with E-state index in [1.54, 1.807) is 0 Å². The third kappa shape index (κ3) is 4.44. The summed E-state index contributed by atoms with van der Waals surface area (Å²) in [6, 6.07) is 10.2. The van der Waals surface area contributed by atoms with Crippen LogP contribution < -0.4 is 10.0 Å². The third-order valence-electron chi connectivity index (χ3n) is 4.84. The van der Waals surface area contributed by atoms with Gasteiger partial charge in [0.15, 0.2) is 0 Å². The Morgan fingerprint density at radius 1 is 0.909 bits per heavy atom. The average molecular weight is 480 g/mol. The van der Waals surface area contributed by atoms with E-state index in [0.717, 1.165) is 54.6 Å². The number of benzene rings is 3. The van der Waals surface area contributed by atoms with Gasteiger partial charge in [0.2, 0.25) is 0 Å². The van der Waals surface area contributed by atoms with E-state index in [4.69, 9.17) is 0 Å². The Morgan fingerprint density at radius 3 is 2.15 bits per heavy atom. The van der Waals surface area contributed by atoms with Gasteiger partial charge in [0, 0.05) is 28.1 Å². The van der Waals surface area contributed by atoms with Gasteiger partial charge >= 0.3 is 6.18 Å². The molecule has 33 heavy (non-hydrogen) atoms. The van der Waals surface area contributed by atoms with Crippen LogP contribution in [0.1, 0.15) is 16.7 Å². The van der Waals surface area contributed by atoms with Crippen molar-refractivity contribution in [1.82, 2.24) is 0 Å². The Bertz CT molecular complexity index is 1380. The maximum Gasteiger partial charge on any atom is 0.416 e. The molecule has 3 aromatic carbocycles. The number of nitrogens with one attached hydrogen (secondary N) is 2. The first-order valence-electron chi connectivity index (χ1n) is 9.27. The van der Waals surface area contributed by atoms with Gasteiger partial charge in [-0.1, -0.05) is 6.07 Å². The summed E-state index contributed by atoms with van der Waals surface area (Å²) in [5.74, 6) is -2.49. The Morgan fingerprint density at radius 2 is 1.55 bits per heavy atom. The van der Waals surface area contributed by atoms with Crippen molar-refractivity contribution < 1.29 is 35.2 Å². The number of sulfonamides is 1. The first-order valence-corrected chi connectivity index (χ1v) is 10.8. The molecule has 1 aliphatic heterocycles. The minimum absolute atomic E-state index is 0.0953. The predicted octanol–water partition coefficient (Wildman–Crippen LogP) is 5.28. The van der Waals surface area contributed by atoms with Crippen LogP contribution in [0.2, 0.25) is 0 Å². The van der Waals surface area contributed by atoms with Gasteiger partial charge in [-0.3, -0.25) is 9.52 Å². The van der Waals surface area contributed by atoms with Gasteiger partial charge in [-0.25, -0.2) is 17.2 Å². The molecule has 0 saturated heterocycles. The molecule has 0 aromatic heterocycles. The highest BCUT2D eigenvalue weighted by atomic mass is 32.2. The topological polar surface area (TPSA) is 75.3 Å². The van der Waals surface area contributed by atoms with E-state index in [-0.39, 0.29) is 27.4 Å². The molecular formula is C22H13F5N2O3S. The molecule has 0 fully saturated rings. The van der Waals surface area contributed by atoms with Crippen LogP contribution in [0, 0.1) is 11.6 Å². The molecular weight excluding hydrogens is 467 g/mol. The average Bonchev–Trinajstić information content (AvgIpc) is 3.04. The van der Waals surface area contributed by atoms with E-state index >= 15 is 0 Å². The second kappa shape index (κ2) is 8.00. The quantitative estimate of drug-likeness (QED) is 0.394. The van der Waals surface area contributed by atoms with E-state index in [9.17, 15) is 35.2 Å². The van der Waals surface area contributed by atoms with Crippen molar-refractivity contribution in [3.05, 3.63) is 89.0 Å². The molecule has 5 nitrogen and oxygen atoms in total. The van der Waals surface area contributed by atoms with Crippen molar-refractivity contribution in [2.75, 3.05) is 10.0 Å². The Labute approximate surface area is 184 Å². The van der Waals surface area contributed by atoms with E-state index in [1.807, 2.05) is 0 Å². The normalized spacial score (nSPS) is 14.8. The van der Waals surface area contributed by atoms with Crippen LogP contribution in [0.5, 0.6) is 0 Å². The second-order valence-corrected chi connectivity index (χ2v) is 8.72. The maximum atomic E-state index is 14.0. The number of carbonyl (C=O) groups is 1. The summed E-state index contributed by atoms with van der Waals surface area (Å²) in [5, 5.41) is 2.48. The molecule has 1 heterocycles. The zero-order valence-electron chi connectivity index (χ0n) is 16.4. The second-order valence-electron chi connectivity index (χ2n) is 7.04. The van der Waals surface area contributed by atoms with E-state index in [0.29, 0.717) is 0 Å². The number of hydrogen-bond acceptors (Lipinski definition) is 3. The SMILES string of the molecule is O=C1Nc2ccc(S(=O)(=O)Nc3ccc(C(F)(F)F)cc3)cc2C1=Cc1c(F)cccc1F. The summed E-state index contributed by atoms with van der Waals surface area (Å²) < 4.78 is 93.8. The van der Waals surface area contributed by atoms with Crippen LogP contribution in [0.25, 0.3) is 11.6 Å². The lowest BCUT2D eigenvalue weighted by Gasteiger charge is -2.11. The molecule has 0 atom stereocenters. The highest BCUT2D eigenvalue weighted by Crippen LogP contribution is 2.36. The fourth-order valence-electron chi connectivity index (χ4n) is 3.21. The highest BCUT2D eigenvalue weighted by molar-refractivity contribution is 7.92. The first-order chi connectivity index (χ1) is 15.5. The van der Waals surface area contributed by atoms with Gasteiger partial charge < -0.3 is 5.32 Å². The minimum atomic E-state index is -4.57. The zero-order chi connectivity index (χ0) is 24.0. The minimum Gasteiger partial charge on any atom is -0.321 e. The molecule has 0 unspecified atom stereocenters. The number of fused-ring (bicyclic) bond motifs is 1. The summed E-state index contributed by atoms with van der Waals surface area (Å²) >= 11 is 0. The van der Waals surface area contributed by atoms with Gasteiger partial charge in [0.05, 0.1) is 10.5 Å². The number of hydrogen-bond donors (Lipinski definition) is 2. The van der Waals surface area contributed by atoms with Gasteiger partial charge in [-0.05, 0) is 60.7 Å². The molecule has 0 aliphatic carbocycles. The lowest BCUT2D eigenvalue weighted by Crippen LogP contribution is -2.13. The van der Waals surface area contributed by atoms with Crippen molar-refractivity contribution >= 4 is 39.0 Å². The fraction of sp³-hybridized carbons (Fsp3) is 0.0455. The monoisotopic (exact) mass is 480 g/mol. The molecule has 4 rings (SSSR count). The van der Waals surface area contributed by atoms with Gasteiger partial charge in [-0.15, -0.1) is 0 Å². The van der Waals surface area contributed by atoms with Crippen LogP contribution in [0.15, 0.2) is 65.6 Å². The fourth-order valence-corrected chi connectivity index (χ4v) is 4.30. The molecule has 11 heteroatoms. The molecule has 0 radical (unpaired) electrons. The van der Waals surface area contributed by atoms with Crippen LogP contribution in [-0.2, 0) is 21.0 Å².